The van der Waals surface area contributed by atoms with Gasteiger partial charge in [-0.2, -0.15) is 0 Å². The van der Waals surface area contributed by atoms with E-state index in [1.807, 2.05) is 21.1 Å². The zero-order valence-electron chi connectivity index (χ0n) is 21.8. The second-order valence-electron chi connectivity index (χ2n) is 10.6. The molecule has 0 saturated heterocycles. The number of ether oxygens (including phenoxy) is 1. The molecule has 0 aromatic carbocycles. The maximum atomic E-state index is 12.1. The van der Waals surface area contributed by atoms with E-state index in [-0.39, 0.29) is 12.4 Å². The van der Waals surface area contributed by atoms with Crippen molar-refractivity contribution in [2.24, 2.45) is 0 Å². The predicted octanol–water partition coefficient (Wildman–Crippen LogP) is 7.12. The quantitative estimate of drug-likeness (QED) is 0.101. The minimum atomic E-state index is -0.922. The topological polar surface area (TPSA) is 63.6 Å². The van der Waals surface area contributed by atoms with Crippen LogP contribution in [0.15, 0.2) is 0 Å². The van der Waals surface area contributed by atoms with Crippen molar-refractivity contribution in [3.05, 3.63) is 0 Å². The Labute approximate surface area is 198 Å². The Kier molecular flexibility index (Phi) is 19.8. The third kappa shape index (κ3) is 23.6. The van der Waals surface area contributed by atoms with Gasteiger partial charge in [-0.1, -0.05) is 110 Å². The van der Waals surface area contributed by atoms with Gasteiger partial charge in [-0.05, 0) is 6.42 Å². The summed E-state index contributed by atoms with van der Waals surface area (Å²) in [7, 11) is 5.91. The number of likely N-dealkylation sites (N-methyl/N-ethyl adjacent to an activating group) is 1. The first kappa shape index (κ1) is 30.9. The van der Waals surface area contributed by atoms with E-state index in [0.29, 0.717) is 17.4 Å². The van der Waals surface area contributed by atoms with Crippen LogP contribution in [0.5, 0.6) is 0 Å². The van der Waals surface area contributed by atoms with Crippen molar-refractivity contribution in [1.82, 2.24) is 0 Å². The fourth-order valence-corrected chi connectivity index (χ4v) is 4.19. The highest BCUT2D eigenvalue weighted by Crippen LogP contribution is 2.15. The van der Waals surface area contributed by atoms with Crippen molar-refractivity contribution < 1.29 is 23.9 Å². The normalized spacial score (nSPS) is 12.6. The van der Waals surface area contributed by atoms with Crippen LogP contribution in [0.2, 0.25) is 0 Å². The summed E-state index contributed by atoms with van der Waals surface area (Å²) in [5, 5.41) is 9.03. The van der Waals surface area contributed by atoms with Crippen LogP contribution in [0, 0.1) is 0 Å². The fourth-order valence-electron chi connectivity index (χ4n) is 4.19. The molecular weight excluding hydrogens is 402 g/mol. The lowest BCUT2D eigenvalue weighted by molar-refractivity contribution is -0.873. The number of carboxylic acid groups (broad SMARTS) is 1. The zero-order chi connectivity index (χ0) is 24.1. The molecule has 0 aliphatic carbocycles. The molecule has 0 aliphatic rings. The molecule has 0 rings (SSSR count). The van der Waals surface area contributed by atoms with Crippen molar-refractivity contribution in [1.29, 1.82) is 0 Å². The average Bonchev–Trinajstić information content (AvgIpc) is 2.68. The van der Waals surface area contributed by atoms with E-state index in [2.05, 4.69) is 6.92 Å². The van der Waals surface area contributed by atoms with E-state index in [1.165, 1.54) is 96.3 Å². The molecule has 0 spiro atoms. The third-order valence-corrected chi connectivity index (χ3v) is 5.94. The Hall–Kier alpha value is -1.10. The number of unbranched alkanes of at least 4 members (excludes halogenated alkanes) is 16. The molecule has 32 heavy (non-hydrogen) atoms. The molecule has 0 fully saturated rings. The predicted molar refractivity (Wildman–Crippen MR) is 134 cm³/mol. The minimum Gasteiger partial charge on any atom is -0.481 e. The van der Waals surface area contributed by atoms with E-state index >= 15 is 0 Å². The molecule has 5 nitrogen and oxygen atoms in total. The van der Waals surface area contributed by atoms with Crippen molar-refractivity contribution in [3.63, 3.8) is 0 Å². The summed E-state index contributed by atoms with van der Waals surface area (Å²) in [4.78, 5) is 23.1. The highest BCUT2D eigenvalue weighted by molar-refractivity contribution is 5.71. The van der Waals surface area contributed by atoms with Gasteiger partial charge in [0.2, 0.25) is 0 Å². The van der Waals surface area contributed by atoms with Crippen molar-refractivity contribution in [2.75, 3.05) is 27.7 Å². The van der Waals surface area contributed by atoms with Crippen LogP contribution in [-0.2, 0) is 14.3 Å². The van der Waals surface area contributed by atoms with Gasteiger partial charge >= 0.3 is 11.9 Å². The van der Waals surface area contributed by atoms with Crippen molar-refractivity contribution in [3.8, 4) is 0 Å². The molecule has 0 aromatic rings. The molecule has 1 N–H and O–H groups in total. The van der Waals surface area contributed by atoms with Gasteiger partial charge in [-0.15, -0.1) is 0 Å². The van der Waals surface area contributed by atoms with E-state index < -0.39 is 12.1 Å². The summed E-state index contributed by atoms with van der Waals surface area (Å²) < 4.78 is 6.00. The highest BCUT2D eigenvalue weighted by Gasteiger charge is 2.24. The van der Waals surface area contributed by atoms with Gasteiger partial charge in [0.15, 0.2) is 6.10 Å². The van der Waals surface area contributed by atoms with Crippen LogP contribution in [0.1, 0.15) is 129 Å². The molecule has 0 radical (unpaired) electrons. The van der Waals surface area contributed by atoms with Gasteiger partial charge in [0, 0.05) is 6.42 Å². The average molecular weight is 457 g/mol. The van der Waals surface area contributed by atoms with Gasteiger partial charge < -0.3 is 14.3 Å². The molecule has 0 heterocycles. The second-order valence-corrected chi connectivity index (χ2v) is 10.6. The highest BCUT2D eigenvalue weighted by atomic mass is 16.5. The smallest absolute Gasteiger partial charge is 0.307 e. The van der Waals surface area contributed by atoms with Crippen molar-refractivity contribution in [2.45, 2.75) is 135 Å². The van der Waals surface area contributed by atoms with Gasteiger partial charge in [-0.3, -0.25) is 9.59 Å². The van der Waals surface area contributed by atoms with E-state index in [1.54, 1.807) is 0 Å². The Balaban J connectivity index is 3.50. The van der Waals surface area contributed by atoms with Crippen LogP contribution >= 0.6 is 0 Å². The summed E-state index contributed by atoms with van der Waals surface area (Å²) in [6.45, 7) is 2.78. The number of rotatable bonds is 23. The Morgan fingerprint density at radius 1 is 0.688 bits per heavy atom. The maximum Gasteiger partial charge on any atom is 0.307 e. The SMILES string of the molecule is CCCCCCCCCCCCCCCCCCCC(=O)OC(CC(=O)O)C[N+](C)(C)C. The standard InChI is InChI=1S/C27H53NO4/c1-5-6-7-8-9-10-11-12-13-14-15-16-17-18-19-20-21-22-27(31)32-25(23-26(29)30)24-28(2,3)4/h25H,5-24H2,1-4H3/p+1. The zero-order valence-corrected chi connectivity index (χ0v) is 21.8. The van der Waals surface area contributed by atoms with Crippen LogP contribution in [0.4, 0.5) is 0 Å². The molecule has 0 bridgehead atoms. The second kappa shape index (κ2) is 20.5. The molecule has 0 amide bonds. The van der Waals surface area contributed by atoms with Gasteiger partial charge in [-0.25, -0.2) is 0 Å². The van der Waals surface area contributed by atoms with E-state index in [9.17, 15) is 9.59 Å². The molecule has 0 aliphatic heterocycles. The number of hydrogen-bond acceptors (Lipinski definition) is 3. The molecule has 5 heteroatoms. The molecule has 0 saturated carbocycles. The number of quaternary nitrogens is 1. The number of carboxylic acids is 1. The number of hydrogen-bond donors (Lipinski definition) is 1. The van der Waals surface area contributed by atoms with Crippen LogP contribution in [0.25, 0.3) is 0 Å². The summed E-state index contributed by atoms with van der Waals surface area (Å²) in [5.41, 5.74) is 0. The summed E-state index contributed by atoms with van der Waals surface area (Å²) in [5.74, 6) is -1.18. The summed E-state index contributed by atoms with van der Waals surface area (Å²) >= 11 is 0. The van der Waals surface area contributed by atoms with E-state index in [4.69, 9.17) is 9.84 Å². The molecule has 0 aromatic heterocycles. The first-order valence-electron chi connectivity index (χ1n) is 13.5. The molecular formula is C27H54NO4+. The minimum absolute atomic E-state index is 0.125. The lowest BCUT2D eigenvalue weighted by Gasteiger charge is -2.28. The number of esters is 1. The number of carbonyl (C=O) groups excluding carboxylic acids is 1. The largest absolute Gasteiger partial charge is 0.481 e. The third-order valence-electron chi connectivity index (χ3n) is 5.94. The maximum absolute atomic E-state index is 12.1. The lowest BCUT2D eigenvalue weighted by Crippen LogP contribution is -2.43. The van der Waals surface area contributed by atoms with Crippen molar-refractivity contribution >= 4 is 11.9 Å². The number of carbonyl (C=O) groups is 2. The molecule has 190 valence electrons. The van der Waals surface area contributed by atoms with Gasteiger partial charge in [0.05, 0.1) is 27.6 Å². The van der Waals surface area contributed by atoms with Gasteiger partial charge in [0.1, 0.15) is 6.54 Å². The first-order chi connectivity index (χ1) is 15.2. The lowest BCUT2D eigenvalue weighted by atomic mass is 10.0. The Morgan fingerprint density at radius 3 is 1.41 bits per heavy atom. The van der Waals surface area contributed by atoms with E-state index in [0.717, 1.165) is 12.8 Å². The van der Waals surface area contributed by atoms with Crippen LogP contribution < -0.4 is 0 Å². The van der Waals surface area contributed by atoms with Crippen LogP contribution in [-0.4, -0.2) is 55.3 Å². The van der Waals surface area contributed by atoms with Crippen LogP contribution in [0.3, 0.4) is 0 Å². The monoisotopic (exact) mass is 456 g/mol. The summed E-state index contributed by atoms with van der Waals surface area (Å²) in [6, 6.07) is 0. The van der Waals surface area contributed by atoms with Gasteiger partial charge in [0.25, 0.3) is 0 Å². The fraction of sp³-hybridized carbons (Fsp3) is 0.926. The Morgan fingerprint density at radius 2 is 1.06 bits per heavy atom. The molecule has 1 atom stereocenters. The molecule has 1 unspecified atom stereocenters. The summed E-state index contributed by atoms with van der Waals surface area (Å²) in [6.07, 6.45) is 22.1. The number of aliphatic carboxylic acids is 1. The number of nitrogens with zero attached hydrogens (tertiary/aromatic N) is 1. The first-order valence-corrected chi connectivity index (χ1v) is 13.5. The Bertz CT molecular complexity index is 459.